The van der Waals surface area contributed by atoms with Crippen LogP contribution >= 0.6 is 0 Å². The molecule has 0 aliphatic heterocycles. The van der Waals surface area contributed by atoms with Gasteiger partial charge in [0.2, 0.25) is 0 Å². The van der Waals surface area contributed by atoms with E-state index in [0.29, 0.717) is 18.3 Å². The summed E-state index contributed by atoms with van der Waals surface area (Å²) in [5.74, 6) is -0.0756. The van der Waals surface area contributed by atoms with Gasteiger partial charge < -0.3 is 14.9 Å². The number of benzene rings is 1. The molecule has 3 aliphatic rings. The van der Waals surface area contributed by atoms with Crippen molar-refractivity contribution >= 4 is 5.97 Å². The third kappa shape index (κ3) is 2.98. The number of halogens is 2. The third-order valence-corrected chi connectivity index (χ3v) is 6.73. The number of esters is 1. The van der Waals surface area contributed by atoms with Gasteiger partial charge in [0.15, 0.2) is 6.61 Å². The first-order chi connectivity index (χ1) is 12.5. The lowest BCUT2D eigenvalue weighted by molar-refractivity contribution is -0.156. The van der Waals surface area contributed by atoms with Crippen LogP contribution < -0.4 is 0 Å². The summed E-state index contributed by atoms with van der Waals surface area (Å²) < 4.78 is 29.3. The molecule has 0 heterocycles. The Kier molecular flexibility index (Phi) is 4.63. The Hall–Kier alpha value is -1.69. The second-order valence-electron chi connectivity index (χ2n) is 7.95. The van der Waals surface area contributed by atoms with Crippen LogP contribution in [0.5, 0.6) is 5.75 Å². The minimum atomic E-state index is -2.68. The maximum absolute atomic E-state index is 12.3. The summed E-state index contributed by atoms with van der Waals surface area (Å²) in [5, 5.41) is 20.3. The number of ether oxygens (including phenoxy) is 1. The predicted molar refractivity (Wildman–Crippen MR) is 89.9 cm³/mol. The molecule has 1 aromatic rings. The number of rotatable bonds is 3. The Labute approximate surface area is 151 Å². The summed E-state index contributed by atoms with van der Waals surface area (Å²) in [5.41, 5.74) is 2.46. The van der Waals surface area contributed by atoms with Crippen LogP contribution in [0.3, 0.4) is 0 Å². The minimum Gasteiger partial charge on any atom is -0.508 e. The van der Waals surface area contributed by atoms with Crippen molar-refractivity contribution in [1.29, 1.82) is 0 Å². The topological polar surface area (TPSA) is 66.8 Å². The lowest BCUT2D eigenvalue weighted by atomic mass is 9.61. The molecule has 0 radical (unpaired) electrons. The van der Waals surface area contributed by atoms with E-state index in [1.807, 2.05) is 12.1 Å². The van der Waals surface area contributed by atoms with Gasteiger partial charge in [0.25, 0.3) is 6.43 Å². The normalized spacial score (nSPS) is 35.5. The highest BCUT2D eigenvalue weighted by Crippen LogP contribution is 2.56. The van der Waals surface area contributed by atoms with Crippen molar-refractivity contribution in [3.8, 4) is 5.75 Å². The zero-order valence-electron chi connectivity index (χ0n) is 14.5. The number of carbonyl (C=O) groups is 1. The molecule has 2 saturated carbocycles. The highest BCUT2D eigenvalue weighted by Gasteiger charge is 2.53. The van der Waals surface area contributed by atoms with Crippen LogP contribution in [0.2, 0.25) is 0 Å². The lowest BCUT2D eigenvalue weighted by Gasteiger charge is -2.44. The van der Waals surface area contributed by atoms with Gasteiger partial charge >= 0.3 is 5.97 Å². The molecule has 4 rings (SSSR count). The second kappa shape index (κ2) is 6.80. The monoisotopic (exact) mass is 366 g/mol. The van der Waals surface area contributed by atoms with E-state index in [9.17, 15) is 23.8 Å². The number of aliphatic hydroxyl groups is 1. The van der Waals surface area contributed by atoms with Crippen LogP contribution in [0.4, 0.5) is 8.78 Å². The standard InChI is InChI=1S/C20H24F2O4/c21-18(22)9-26-20(25)17-8-16-14-3-1-10-7-11(23)2-4-12(10)13(14)5-6-15(16)19(17)24/h2,4,7,13-19,23-24H,1,3,5-6,8-9H2/t13-,14-,15?,16+,17-,19?/m1/s1. The van der Waals surface area contributed by atoms with E-state index in [1.165, 1.54) is 11.1 Å². The number of phenols is 1. The maximum Gasteiger partial charge on any atom is 0.311 e. The maximum atomic E-state index is 12.3. The summed E-state index contributed by atoms with van der Waals surface area (Å²) in [6.07, 6.45) is 0.648. The number of carbonyl (C=O) groups excluding carboxylic acids is 1. The van der Waals surface area contributed by atoms with Crippen molar-refractivity contribution in [2.24, 2.45) is 23.7 Å². The van der Waals surface area contributed by atoms with E-state index in [2.05, 4.69) is 0 Å². The van der Waals surface area contributed by atoms with Crippen LogP contribution in [0.15, 0.2) is 18.2 Å². The smallest absolute Gasteiger partial charge is 0.311 e. The zero-order chi connectivity index (χ0) is 18.4. The number of aryl methyl sites for hydroxylation is 1. The van der Waals surface area contributed by atoms with Gasteiger partial charge in [0, 0.05) is 0 Å². The Morgan fingerprint density at radius 2 is 2.00 bits per heavy atom. The molecule has 0 saturated heterocycles. The molecule has 1 aromatic carbocycles. The van der Waals surface area contributed by atoms with Crippen LogP contribution in [0.1, 0.15) is 42.7 Å². The van der Waals surface area contributed by atoms with Crippen LogP contribution in [0, 0.1) is 23.7 Å². The molecule has 2 N–H and O–H groups in total. The predicted octanol–water partition coefficient (Wildman–Crippen LogP) is 3.25. The number of hydrogen-bond acceptors (Lipinski definition) is 4. The molecular weight excluding hydrogens is 342 g/mol. The molecule has 6 heteroatoms. The first-order valence-corrected chi connectivity index (χ1v) is 9.40. The van der Waals surface area contributed by atoms with Crippen LogP contribution in [-0.2, 0) is 16.0 Å². The molecule has 142 valence electrons. The molecule has 2 unspecified atom stereocenters. The number of alkyl halides is 2. The largest absolute Gasteiger partial charge is 0.508 e. The first-order valence-electron chi connectivity index (χ1n) is 9.40. The van der Waals surface area contributed by atoms with Crippen molar-refractivity contribution in [2.75, 3.05) is 6.61 Å². The molecule has 0 spiro atoms. The first kappa shape index (κ1) is 17.7. The van der Waals surface area contributed by atoms with Gasteiger partial charge in [-0.3, -0.25) is 4.79 Å². The van der Waals surface area contributed by atoms with Crippen LogP contribution in [0.25, 0.3) is 0 Å². The quantitative estimate of drug-likeness (QED) is 0.806. The van der Waals surface area contributed by atoms with Gasteiger partial charge in [-0.25, -0.2) is 8.78 Å². The SMILES string of the molecule is O=C(OCC(F)F)[C@@H]1C[C@@H]2C(CC[C@@H]3c4ccc(O)cc4CC[C@H]32)C1O. The van der Waals surface area contributed by atoms with Gasteiger partial charge in [-0.05, 0) is 79.0 Å². The highest BCUT2D eigenvalue weighted by atomic mass is 19.3. The number of hydrogen-bond donors (Lipinski definition) is 2. The Bertz CT molecular complexity index is 692. The van der Waals surface area contributed by atoms with Crippen molar-refractivity contribution in [3.63, 3.8) is 0 Å². The fourth-order valence-electron chi connectivity index (χ4n) is 5.70. The average molecular weight is 366 g/mol. The zero-order valence-corrected chi connectivity index (χ0v) is 14.5. The van der Waals surface area contributed by atoms with Gasteiger partial charge in [0.05, 0.1) is 12.0 Å². The van der Waals surface area contributed by atoms with E-state index in [0.717, 1.165) is 25.7 Å². The molecule has 4 nitrogen and oxygen atoms in total. The van der Waals surface area contributed by atoms with E-state index in [-0.39, 0.29) is 17.6 Å². The van der Waals surface area contributed by atoms with E-state index in [1.54, 1.807) is 6.07 Å². The van der Waals surface area contributed by atoms with Crippen LogP contribution in [-0.4, -0.2) is 35.3 Å². The molecule has 6 atom stereocenters. The molecule has 0 aromatic heterocycles. The van der Waals surface area contributed by atoms with E-state index in [4.69, 9.17) is 4.74 Å². The van der Waals surface area contributed by atoms with Crippen molar-refractivity contribution < 1.29 is 28.5 Å². The number of fused-ring (bicyclic) bond motifs is 5. The molecule has 0 bridgehead atoms. The molecule has 0 amide bonds. The van der Waals surface area contributed by atoms with Crippen molar-refractivity contribution in [2.45, 2.75) is 50.6 Å². The molecule has 3 aliphatic carbocycles. The van der Waals surface area contributed by atoms with Gasteiger partial charge in [-0.2, -0.15) is 0 Å². The van der Waals surface area contributed by atoms with Gasteiger partial charge in [-0.15, -0.1) is 0 Å². The molecular formula is C20H24F2O4. The Morgan fingerprint density at radius 1 is 1.19 bits per heavy atom. The number of phenolic OH excluding ortho intramolecular Hbond substituents is 1. The van der Waals surface area contributed by atoms with Gasteiger partial charge in [0.1, 0.15) is 5.75 Å². The summed E-state index contributed by atoms with van der Waals surface area (Å²) >= 11 is 0. The number of aliphatic hydroxyl groups excluding tert-OH is 1. The average Bonchev–Trinajstić information content (AvgIpc) is 2.96. The van der Waals surface area contributed by atoms with E-state index >= 15 is 0 Å². The summed E-state index contributed by atoms with van der Waals surface area (Å²) in [4.78, 5) is 12.2. The highest BCUT2D eigenvalue weighted by molar-refractivity contribution is 5.73. The molecule has 26 heavy (non-hydrogen) atoms. The van der Waals surface area contributed by atoms with Crippen molar-refractivity contribution in [3.05, 3.63) is 29.3 Å². The minimum absolute atomic E-state index is 0.0408. The Balaban J connectivity index is 1.52. The summed E-state index contributed by atoms with van der Waals surface area (Å²) in [6, 6.07) is 5.56. The van der Waals surface area contributed by atoms with Gasteiger partial charge in [-0.1, -0.05) is 6.07 Å². The molecule has 2 fully saturated rings. The Morgan fingerprint density at radius 3 is 2.77 bits per heavy atom. The second-order valence-corrected chi connectivity index (χ2v) is 7.95. The fraction of sp³-hybridized carbons (Fsp3) is 0.650. The third-order valence-electron chi connectivity index (χ3n) is 6.73. The van der Waals surface area contributed by atoms with E-state index < -0.39 is 31.0 Å². The fourth-order valence-corrected chi connectivity index (χ4v) is 5.70. The lowest BCUT2D eigenvalue weighted by Crippen LogP contribution is -2.37. The number of aromatic hydroxyl groups is 1. The summed E-state index contributed by atoms with van der Waals surface area (Å²) in [7, 11) is 0. The summed E-state index contributed by atoms with van der Waals surface area (Å²) in [6.45, 7) is -0.902. The van der Waals surface area contributed by atoms with Crippen molar-refractivity contribution in [1.82, 2.24) is 0 Å².